The molecule has 0 saturated carbocycles. The molecule has 0 fully saturated rings. The third-order valence-corrected chi connectivity index (χ3v) is 3.37. The highest BCUT2D eigenvalue weighted by molar-refractivity contribution is 6.20. The van der Waals surface area contributed by atoms with Crippen molar-refractivity contribution >= 4 is 11.6 Å². The van der Waals surface area contributed by atoms with E-state index in [2.05, 4.69) is 0 Å². The van der Waals surface area contributed by atoms with Gasteiger partial charge >= 0.3 is 6.18 Å². The van der Waals surface area contributed by atoms with Gasteiger partial charge in [0.1, 0.15) is 0 Å². The van der Waals surface area contributed by atoms with Gasteiger partial charge in [-0.25, -0.2) is 0 Å². The average molecular weight is 265 g/mol. The lowest BCUT2D eigenvalue weighted by Gasteiger charge is -2.12. The first-order valence-electron chi connectivity index (χ1n) is 5.65. The third-order valence-electron chi connectivity index (χ3n) is 2.84. The van der Waals surface area contributed by atoms with Crippen molar-refractivity contribution < 1.29 is 13.2 Å². The minimum atomic E-state index is -4.26. The van der Waals surface area contributed by atoms with Gasteiger partial charge in [-0.05, 0) is 49.4 Å². The highest BCUT2D eigenvalue weighted by Gasteiger charge is 2.30. The van der Waals surface area contributed by atoms with E-state index in [1.54, 1.807) is 13.0 Å². The molecule has 0 heterocycles. The van der Waals surface area contributed by atoms with Gasteiger partial charge in [-0.2, -0.15) is 13.2 Å². The monoisotopic (exact) mass is 264 g/mol. The van der Waals surface area contributed by atoms with E-state index in [1.165, 1.54) is 6.07 Å². The molecular weight excluding hydrogens is 249 g/mol. The van der Waals surface area contributed by atoms with Gasteiger partial charge in [0, 0.05) is 5.38 Å². The molecule has 0 aliphatic carbocycles. The summed E-state index contributed by atoms with van der Waals surface area (Å²) in [5.41, 5.74) is 1.04. The molecule has 17 heavy (non-hydrogen) atoms. The quantitative estimate of drug-likeness (QED) is 0.674. The van der Waals surface area contributed by atoms with E-state index >= 15 is 0 Å². The van der Waals surface area contributed by atoms with Crippen LogP contribution in [0.3, 0.4) is 0 Å². The van der Waals surface area contributed by atoms with Gasteiger partial charge in [0.05, 0.1) is 5.56 Å². The van der Waals surface area contributed by atoms with Crippen molar-refractivity contribution in [3.63, 3.8) is 0 Å². The lowest BCUT2D eigenvalue weighted by Crippen LogP contribution is -2.06. The molecule has 0 aromatic heterocycles. The molecule has 0 saturated heterocycles. The molecule has 0 nitrogen and oxygen atoms in total. The van der Waals surface area contributed by atoms with Crippen LogP contribution in [0.5, 0.6) is 0 Å². The SMILES string of the molecule is CCC(Cl)CCc1ccc(C(F)(F)F)cc1C. The number of rotatable bonds is 4. The van der Waals surface area contributed by atoms with Crippen LogP contribution in [0, 0.1) is 6.92 Å². The molecule has 1 aromatic carbocycles. The molecule has 0 spiro atoms. The first-order valence-corrected chi connectivity index (χ1v) is 6.09. The summed E-state index contributed by atoms with van der Waals surface area (Å²) in [6, 6.07) is 3.89. The molecule has 1 aromatic rings. The van der Waals surface area contributed by atoms with Crippen molar-refractivity contribution in [2.75, 3.05) is 0 Å². The van der Waals surface area contributed by atoms with Gasteiger partial charge in [0.15, 0.2) is 0 Å². The molecule has 1 rings (SSSR count). The van der Waals surface area contributed by atoms with Crippen LogP contribution in [0.4, 0.5) is 13.2 Å². The Kier molecular flexibility index (Phi) is 4.87. The van der Waals surface area contributed by atoms with E-state index in [9.17, 15) is 13.2 Å². The molecule has 0 aliphatic heterocycles. The molecule has 0 aliphatic rings. The van der Waals surface area contributed by atoms with E-state index in [0.717, 1.165) is 30.9 Å². The fraction of sp³-hybridized carbons (Fsp3) is 0.538. The fourth-order valence-corrected chi connectivity index (χ4v) is 1.78. The van der Waals surface area contributed by atoms with Gasteiger partial charge in [0.25, 0.3) is 0 Å². The number of alkyl halides is 4. The van der Waals surface area contributed by atoms with Crippen molar-refractivity contribution in [3.8, 4) is 0 Å². The summed E-state index contributed by atoms with van der Waals surface area (Å²) < 4.78 is 37.3. The maximum Gasteiger partial charge on any atom is 0.416 e. The Morgan fingerprint density at radius 2 is 1.94 bits per heavy atom. The molecule has 1 atom stereocenters. The van der Waals surface area contributed by atoms with Crippen LogP contribution in [-0.2, 0) is 12.6 Å². The van der Waals surface area contributed by atoms with Crippen molar-refractivity contribution in [2.24, 2.45) is 0 Å². The maximum atomic E-state index is 12.4. The molecule has 0 N–H and O–H groups in total. The number of aryl methyl sites for hydroxylation is 2. The Labute approximate surface area is 105 Å². The molecule has 1 unspecified atom stereocenters. The van der Waals surface area contributed by atoms with Crippen LogP contribution >= 0.6 is 11.6 Å². The lowest BCUT2D eigenvalue weighted by atomic mass is 9.99. The Balaban J connectivity index is 2.77. The number of hydrogen-bond donors (Lipinski definition) is 0. The van der Waals surface area contributed by atoms with E-state index in [0.29, 0.717) is 5.56 Å². The van der Waals surface area contributed by atoms with Crippen LogP contribution < -0.4 is 0 Å². The molecule has 96 valence electrons. The zero-order valence-corrected chi connectivity index (χ0v) is 10.7. The standard InChI is InChI=1S/C13H16ClF3/c1-3-12(14)7-5-10-4-6-11(8-9(10)2)13(15,16)17/h4,6,8,12H,3,5,7H2,1-2H3. The second kappa shape index (κ2) is 5.76. The lowest BCUT2D eigenvalue weighted by molar-refractivity contribution is -0.137. The van der Waals surface area contributed by atoms with Crippen LogP contribution in [0.1, 0.15) is 36.5 Å². The first-order chi connectivity index (χ1) is 7.84. The predicted octanol–water partition coefficient (Wildman–Crippen LogP) is 4.96. The predicted molar refractivity (Wildman–Crippen MR) is 64.4 cm³/mol. The fourth-order valence-electron chi connectivity index (χ4n) is 1.67. The van der Waals surface area contributed by atoms with Crippen molar-refractivity contribution in [2.45, 2.75) is 44.7 Å². The normalized spacial score (nSPS) is 13.8. The van der Waals surface area contributed by atoms with Crippen molar-refractivity contribution in [1.82, 2.24) is 0 Å². The summed E-state index contributed by atoms with van der Waals surface area (Å²) in [6.45, 7) is 3.71. The van der Waals surface area contributed by atoms with E-state index in [1.807, 2.05) is 6.92 Å². The summed E-state index contributed by atoms with van der Waals surface area (Å²) in [7, 11) is 0. The van der Waals surface area contributed by atoms with Gasteiger partial charge in [-0.15, -0.1) is 11.6 Å². The van der Waals surface area contributed by atoms with Crippen LogP contribution in [0.2, 0.25) is 0 Å². The minimum Gasteiger partial charge on any atom is -0.166 e. The van der Waals surface area contributed by atoms with Crippen LogP contribution in [0.25, 0.3) is 0 Å². The zero-order chi connectivity index (χ0) is 13.1. The van der Waals surface area contributed by atoms with Gasteiger partial charge < -0.3 is 0 Å². The topological polar surface area (TPSA) is 0 Å². The van der Waals surface area contributed by atoms with Gasteiger partial charge in [0.2, 0.25) is 0 Å². The Bertz CT molecular complexity index is 371. The van der Waals surface area contributed by atoms with Crippen LogP contribution in [-0.4, -0.2) is 5.38 Å². The minimum absolute atomic E-state index is 0.0942. The van der Waals surface area contributed by atoms with Gasteiger partial charge in [-0.1, -0.05) is 13.0 Å². The highest BCUT2D eigenvalue weighted by atomic mass is 35.5. The average Bonchev–Trinajstić information content (AvgIpc) is 2.25. The summed E-state index contributed by atoms with van der Waals surface area (Å²) >= 11 is 5.99. The zero-order valence-electron chi connectivity index (χ0n) is 9.94. The second-order valence-electron chi connectivity index (χ2n) is 4.18. The third kappa shape index (κ3) is 4.23. The maximum absolute atomic E-state index is 12.4. The Morgan fingerprint density at radius 3 is 2.41 bits per heavy atom. The Morgan fingerprint density at radius 1 is 1.29 bits per heavy atom. The number of benzene rings is 1. The largest absolute Gasteiger partial charge is 0.416 e. The van der Waals surface area contributed by atoms with E-state index < -0.39 is 11.7 Å². The van der Waals surface area contributed by atoms with E-state index in [-0.39, 0.29) is 5.38 Å². The summed E-state index contributed by atoms with van der Waals surface area (Å²) in [5, 5.41) is 0.0942. The van der Waals surface area contributed by atoms with Gasteiger partial charge in [-0.3, -0.25) is 0 Å². The highest BCUT2D eigenvalue weighted by Crippen LogP contribution is 2.30. The summed E-state index contributed by atoms with van der Waals surface area (Å²) in [6.07, 6.45) is -1.86. The molecule has 4 heteroatoms. The number of halogens is 4. The second-order valence-corrected chi connectivity index (χ2v) is 4.80. The summed E-state index contributed by atoms with van der Waals surface area (Å²) in [4.78, 5) is 0. The van der Waals surface area contributed by atoms with Crippen molar-refractivity contribution in [1.29, 1.82) is 0 Å². The first kappa shape index (κ1) is 14.4. The van der Waals surface area contributed by atoms with E-state index in [4.69, 9.17) is 11.6 Å². The summed E-state index contributed by atoms with van der Waals surface area (Å²) in [5.74, 6) is 0. The van der Waals surface area contributed by atoms with Crippen molar-refractivity contribution in [3.05, 3.63) is 34.9 Å². The molecular formula is C13H16ClF3. The van der Waals surface area contributed by atoms with Crippen LogP contribution in [0.15, 0.2) is 18.2 Å². The number of hydrogen-bond acceptors (Lipinski definition) is 0. The molecule has 0 radical (unpaired) electrons. The Hall–Kier alpha value is -0.700. The smallest absolute Gasteiger partial charge is 0.166 e. The molecule has 0 amide bonds. The molecule has 0 bridgehead atoms.